The van der Waals surface area contributed by atoms with Crippen LogP contribution in [0.3, 0.4) is 0 Å². The molecule has 0 saturated carbocycles. The molecule has 256 valence electrons. The highest BCUT2D eigenvalue weighted by molar-refractivity contribution is 6.26. The molecule has 0 spiro atoms. The second kappa shape index (κ2) is 14.4. The van der Waals surface area contributed by atoms with Crippen molar-refractivity contribution in [2.24, 2.45) is 0 Å². The Morgan fingerprint density at radius 1 is 0.531 bits per heavy atom. The number of anilines is 2. The van der Waals surface area contributed by atoms with E-state index in [1.54, 1.807) is 36.4 Å². The number of unbranched alkanes of at least 4 members (excludes halogenated alkanes) is 6. The first kappa shape index (κ1) is 33.5. The Morgan fingerprint density at radius 2 is 0.918 bits per heavy atom. The van der Waals surface area contributed by atoms with Gasteiger partial charge in [0.2, 0.25) is 23.6 Å². The molecule has 0 radical (unpaired) electrons. The monoisotopic (exact) mass is 670 g/mol. The number of imide groups is 4. The Morgan fingerprint density at radius 3 is 1.31 bits per heavy atom. The maximum absolute atomic E-state index is 13.2. The summed E-state index contributed by atoms with van der Waals surface area (Å²) in [5.74, 6) is -4.21. The minimum atomic E-state index is -1.000. The van der Waals surface area contributed by atoms with Gasteiger partial charge in [-0.05, 0) is 49.9 Å². The molecule has 0 aliphatic carbocycles. The smallest absolute Gasteiger partial charge is 0.264 e. The molecule has 2 unspecified atom stereocenters. The SMILES string of the molecule is O=C1CCC(N2C(=O)c3cccc(NCCCCCCCCCNc4cccc5c4C(=O)N(C4CCC(=O)NC4=O)C5=O)c3C2=O)C(=O)N1. The molecule has 2 aromatic rings. The Hall–Kier alpha value is -5.40. The summed E-state index contributed by atoms with van der Waals surface area (Å²) in [7, 11) is 0. The lowest BCUT2D eigenvalue weighted by molar-refractivity contribution is -0.137. The zero-order chi connectivity index (χ0) is 34.7. The fourth-order valence-electron chi connectivity index (χ4n) is 6.90. The number of hydrogen-bond acceptors (Lipinski definition) is 10. The van der Waals surface area contributed by atoms with E-state index in [0.717, 1.165) is 54.7 Å². The van der Waals surface area contributed by atoms with Crippen molar-refractivity contribution >= 4 is 58.6 Å². The second-order valence-corrected chi connectivity index (χ2v) is 12.7. The van der Waals surface area contributed by atoms with Crippen LogP contribution in [0.5, 0.6) is 0 Å². The van der Waals surface area contributed by atoms with E-state index in [-0.39, 0.29) is 47.9 Å². The van der Waals surface area contributed by atoms with Gasteiger partial charge in [0, 0.05) is 37.3 Å². The highest BCUT2D eigenvalue weighted by Gasteiger charge is 2.47. The zero-order valence-corrected chi connectivity index (χ0v) is 27.0. The molecule has 6 rings (SSSR count). The molecular weight excluding hydrogens is 632 g/mol. The summed E-state index contributed by atoms with van der Waals surface area (Å²) in [6, 6.07) is 8.05. The van der Waals surface area contributed by atoms with Gasteiger partial charge < -0.3 is 10.6 Å². The number of carbonyl (C=O) groups excluding carboxylic acids is 8. The number of nitrogens with zero attached hydrogens (tertiary/aromatic N) is 2. The molecule has 14 nitrogen and oxygen atoms in total. The highest BCUT2D eigenvalue weighted by Crippen LogP contribution is 2.34. The van der Waals surface area contributed by atoms with Gasteiger partial charge in [-0.3, -0.25) is 58.8 Å². The quantitative estimate of drug-likeness (QED) is 0.172. The molecule has 2 fully saturated rings. The average Bonchev–Trinajstić information content (AvgIpc) is 3.48. The predicted molar refractivity (Wildman–Crippen MR) is 176 cm³/mol. The number of piperidine rings is 2. The molecule has 2 saturated heterocycles. The van der Waals surface area contributed by atoms with E-state index in [1.807, 2.05) is 0 Å². The third-order valence-electron chi connectivity index (χ3n) is 9.42. The van der Waals surface area contributed by atoms with Crippen molar-refractivity contribution in [2.75, 3.05) is 23.7 Å². The van der Waals surface area contributed by atoms with E-state index in [2.05, 4.69) is 21.3 Å². The number of hydrogen-bond donors (Lipinski definition) is 4. The summed E-state index contributed by atoms with van der Waals surface area (Å²) in [5, 5.41) is 11.0. The summed E-state index contributed by atoms with van der Waals surface area (Å²) < 4.78 is 0. The first-order valence-electron chi connectivity index (χ1n) is 16.8. The van der Waals surface area contributed by atoms with Crippen LogP contribution in [0.1, 0.15) is 112 Å². The van der Waals surface area contributed by atoms with Crippen LogP contribution in [0.4, 0.5) is 11.4 Å². The van der Waals surface area contributed by atoms with E-state index >= 15 is 0 Å². The molecule has 0 bridgehead atoms. The van der Waals surface area contributed by atoms with Crippen LogP contribution in [0.2, 0.25) is 0 Å². The van der Waals surface area contributed by atoms with Gasteiger partial charge in [-0.25, -0.2) is 0 Å². The zero-order valence-electron chi connectivity index (χ0n) is 27.0. The van der Waals surface area contributed by atoms with Crippen molar-refractivity contribution in [3.8, 4) is 0 Å². The van der Waals surface area contributed by atoms with Gasteiger partial charge in [-0.1, -0.05) is 44.2 Å². The molecule has 4 aliphatic heterocycles. The van der Waals surface area contributed by atoms with Gasteiger partial charge in [0.15, 0.2) is 0 Å². The van der Waals surface area contributed by atoms with Crippen molar-refractivity contribution in [3.05, 3.63) is 58.7 Å². The Balaban J connectivity index is 0.889. The van der Waals surface area contributed by atoms with Crippen LogP contribution in [-0.2, 0) is 19.2 Å². The summed E-state index contributed by atoms with van der Waals surface area (Å²) in [5.41, 5.74) is 2.12. The maximum Gasteiger partial charge on any atom is 0.264 e. The average molecular weight is 671 g/mol. The van der Waals surface area contributed by atoms with Crippen molar-refractivity contribution in [3.63, 3.8) is 0 Å². The molecule has 4 heterocycles. The Labute approximate surface area is 282 Å². The van der Waals surface area contributed by atoms with Crippen LogP contribution in [-0.4, -0.2) is 82.2 Å². The van der Waals surface area contributed by atoms with Crippen LogP contribution < -0.4 is 21.3 Å². The number of nitrogens with one attached hydrogen (secondary N) is 4. The largest absolute Gasteiger partial charge is 0.384 e. The molecule has 2 aromatic carbocycles. The summed E-state index contributed by atoms with van der Waals surface area (Å²) in [4.78, 5) is 102. The van der Waals surface area contributed by atoms with Crippen LogP contribution in [0, 0.1) is 0 Å². The number of rotatable bonds is 14. The standard InChI is InChI=1S/C35H38N6O8/c42-26-16-14-24(30(44)38-26)40-32(46)20-10-8-12-22(28(20)34(40)48)36-18-6-4-2-1-3-5-7-19-37-23-13-9-11-21-29(23)35(49)41(33(21)47)25-15-17-27(43)39-31(25)45/h8-13,24-25,36-37H,1-7,14-19H2,(H,38,42,44)(H,39,43,45). The molecule has 49 heavy (non-hydrogen) atoms. The fraction of sp³-hybridized carbons (Fsp3) is 0.429. The molecule has 2 atom stereocenters. The van der Waals surface area contributed by atoms with Crippen LogP contribution >= 0.6 is 0 Å². The van der Waals surface area contributed by atoms with Gasteiger partial charge in [0.1, 0.15) is 12.1 Å². The lowest BCUT2D eigenvalue weighted by Crippen LogP contribution is -2.54. The van der Waals surface area contributed by atoms with Crippen LogP contribution in [0.15, 0.2) is 36.4 Å². The molecule has 4 aliphatic rings. The van der Waals surface area contributed by atoms with Crippen molar-refractivity contribution in [1.82, 2.24) is 20.4 Å². The van der Waals surface area contributed by atoms with Crippen molar-refractivity contribution in [1.29, 1.82) is 0 Å². The lowest BCUT2D eigenvalue weighted by Gasteiger charge is -2.27. The number of amides is 8. The summed E-state index contributed by atoms with van der Waals surface area (Å²) in [6.07, 6.45) is 7.16. The number of carbonyl (C=O) groups is 8. The fourth-order valence-corrected chi connectivity index (χ4v) is 6.90. The number of benzene rings is 2. The first-order chi connectivity index (χ1) is 23.7. The number of fused-ring (bicyclic) bond motifs is 2. The van der Waals surface area contributed by atoms with E-state index in [9.17, 15) is 38.4 Å². The predicted octanol–water partition coefficient (Wildman–Crippen LogP) is 2.74. The second-order valence-electron chi connectivity index (χ2n) is 12.7. The van der Waals surface area contributed by atoms with Gasteiger partial charge in [-0.2, -0.15) is 0 Å². The third kappa shape index (κ3) is 6.67. The minimum Gasteiger partial charge on any atom is -0.384 e. The summed E-state index contributed by atoms with van der Waals surface area (Å²) >= 11 is 0. The summed E-state index contributed by atoms with van der Waals surface area (Å²) in [6.45, 7) is 1.23. The topological polar surface area (TPSA) is 191 Å². The maximum atomic E-state index is 13.2. The Kier molecular flexibility index (Phi) is 9.83. The third-order valence-corrected chi connectivity index (χ3v) is 9.42. The van der Waals surface area contributed by atoms with E-state index in [0.29, 0.717) is 24.5 Å². The van der Waals surface area contributed by atoms with Crippen molar-refractivity contribution in [2.45, 2.75) is 82.7 Å². The van der Waals surface area contributed by atoms with E-state index in [4.69, 9.17) is 0 Å². The molecule has 0 aromatic heterocycles. The normalized spacial score (nSPS) is 20.4. The van der Waals surface area contributed by atoms with Crippen LogP contribution in [0.25, 0.3) is 0 Å². The molecule has 8 amide bonds. The van der Waals surface area contributed by atoms with E-state index < -0.39 is 59.3 Å². The van der Waals surface area contributed by atoms with Gasteiger partial charge >= 0.3 is 0 Å². The van der Waals surface area contributed by atoms with Crippen molar-refractivity contribution < 1.29 is 38.4 Å². The minimum absolute atomic E-state index is 0.0705. The molecule has 4 N–H and O–H groups in total. The first-order valence-corrected chi connectivity index (χ1v) is 16.8. The lowest BCUT2D eigenvalue weighted by atomic mass is 10.0. The van der Waals surface area contributed by atoms with E-state index in [1.165, 1.54) is 0 Å². The molecule has 14 heteroatoms. The van der Waals surface area contributed by atoms with Gasteiger partial charge in [0.05, 0.1) is 22.3 Å². The Bertz CT molecular complexity index is 1630. The van der Waals surface area contributed by atoms with Gasteiger partial charge in [0.25, 0.3) is 23.6 Å². The van der Waals surface area contributed by atoms with Gasteiger partial charge in [-0.15, -0.1) is 0 Å². The molecular formula is C35H38N6O8. The highest BCUT2D eigenvalue weighted by atomic mass is 16.2.